The lowest BCUT2D eigenvalue weighted by Gasteiger charge is -2.53. The molecule has 0 bridgehead atoms. The smallest absolute Gasteiger partial charge is 0.367 e. The molecule has 134 valence electrons. The SMILES string of the molecule is O=C1CCCC(=O)C12Cc1cc(C(F)(F)F)ccc1N1CCCCC12. The molecule has 1 aromatic carbocycles. The number of Topliss-reactive ketones (excluding diaryl/α,β-unsaturated/α-hetero) is 2. The molecule has 1 atom stereocenters. The van der Waals surface area contributed by atoms with Crippen molar-refractivity contribution in [3.8, 4) is 0 Å². The number of benzene rings is 1. The minimum absolute atomic E-state index is 0.0799. The molecule has 1 aliphatic carbocycles. The van der Waals surface area contributed by atoms with Gasteiger partial charge in [-0.15, -0.1) is 0 Å². The summed E-state index contributed by atoms with van der Waals surface area (Å²) in [6, 6.07) is 3.55. The first-order valence-corrected chi connectivity index (χ1v) is 8.87. The van der Waals surface area contributed by atoms with Gasteiger partial charge in [-0.05, 0) is 55.9 Å². The van der Waals surface area contributed by atoms with Gasteiger partial charge in [-0.25, -0.2) is 0 Å². The number of rotatable bonds is 0. The first-order valence-electron chi connectivity index (χ1n) is 8.87. The van der Waals surface area contributed by atoms with Gasteiger partial charge in [0, 0.05) is 31.1 Å². The predicted octanol–water partition coefficient (Wildman–Crippen LogP) is 3.93. The predicted molar refractivity (Wildman–Crippen MR) is 86.4 cm³/mol. The van der Waals surface area contributed by atoms with E-state index in [9.17, 15) is 22.8 Å². The van der Waals surface area contributed by atoms with Crippen molar-refractivity contribution in [2.75, 3.05) is 11.4 Å². The summed E-state index contributed by atoms with van der Waals surface area (Å²) in [5.41, 5.74) is -0.616. The molecule has 1 spiro atoms. The minimum atomic E-state index is -4.43. The Kier molecular flexibility index (Phi) is 3.71. The molecule has 25 heavy (non-hydrogen) atoms. The van der Waals surface area contributed by atoms with Crippen LogP contribution in [0.1, 0.15) is 49.7 Å². The lowest BCUT2D eigenvalue weighted by Crippen LogP contribution is -2.62. The van der Waals surface area contributed by atoms with E-state index in [4.69, 9.17) is 0 Å². The zero-order valence-electron chi connectivity index (χ0n) is 13.9. The molecule has 0 aromatic heterocycles. The average Bonchev–Trinajstić information content (AvgIpc) is 2.58. The second-order valence-electron chi connectivity index (χ2n) is 7.39. The maximum Gasteiger partial charge on any atom is 0.416 e. The van der Waals surface area contributed by atoms with Crippen molar-refractivity contribution in [2.24, 2.45) is 5.41 Å². The lowest BCUT2D eigenvalue weighted by atomic mass is 9.60. The maximum atomic E-state index is 13.1. The fraction of sp³-hybridized carbons (Fsp3) is 0.579. The zero-order valence-corrected chi connectivity index (χ0v) is 13.9. The zero-order chi connectivity index (χ0) is 17.8. The van der Waals surface area contributed by atoms with E-state index in [0.717, 1.165) is 37.1 Å². The second kappa shape index (κ2) is 5.58. The van der Waals surface area contributed by atoms with Crippen LogP contribution in [0.15, 0.2) is 18.2 Å². The van der Waals surface area contributed by atoms with Gasteiger partial charge in [0.05, 0.1) is 5.56 Å². The summed E-state index contributed by atoms with van der Waals surface area (Å²) in [4.78, 5) is 27.7. The number of hydrogen-bond donors (Lipinski definition) is 0. The van der Waals surface area contributed by atoms with Crippen molar-refractivity contribution in [2.45, 2.75) is 57.2 Å². The highest BCUT2D eigenvalue weighted by Crippen LogP contribution is 2.50. The Morgan fingerprint density at radius 2 is 1.76 bits per heavy atom. The number of anilines is 1. The van der Waals surface area contributed by atoms with Crippen molar-refractivity contribution >= 4 is 17.3 Å². The first-order chi connectivity index (χ1) is 11.8. The Bertz CT molecular complexity index is 725. The van der Waals surface area contributed by atoms with E-state index in [1.165, 1.54) is 6.07 Å². The molecule has 2 aliphatic heterocycles. The standard InChI is InChI=1S/C19H20F3NO2/c20-19(21,22)13-7-8-14-12(10-13)11-18(15-4-1-2-9-23(14)15)16(24)5-3-6-17(18)25/h7-8,10,15H,1-6,9,11H2. The summed E-state index contributed by atoms with van der Waals surface area (Å²) >= 11 is 0. The van der Waals surface area contributed by atoms with E-state index in [-0.39, 0.29) is 24.0 Å². The summed E-state index contributed by atoms with van der Waals surface area (Å²) in [5.74, 6) is -0.160. The van der Waals surface area contributed by atoms with Crippen LogP contribution < -0.4 is 4.90 Å². The van der Waals surface area contributed by atoms with E-state index in [1.54, 1.807) is 0 Å². The maximum absolute atomic E-state index is 13.1. The van der Waals surface area contributed by atoms with Gasteiger partial charge in [-0.2, -0.15) is 13.2 Å². The summed E-state index contributed by atoms with van der Waals surface area (Å²) in [5, 5.41) is 0. The molecule has 1 aromatic rings. The number of ketones is 2. The number of halogens is 3. The van der Waals surface area contributed by atoms with Crippen LogP contribution in [0.25, 0.3) is 0 Å². The quantitative estimate of drug-likeness (QED) is 0.665. The second-order valence-corrected chi connectivity index (χ2v) is 7.39. The monoisotopic (exact) mass is 351 g/mol. The average molecular weight is 351 g/mol. The summed E-state index contributed by atoms with van der Waals surface area (Å²) < 4.78 is 39.4. The van der Waals surface area contributed by atoms with Crippen molar-refractivity contribution in [3.63, 3.8) is 0 Å². The third kappa shape index (κ3) is 2.41. The van der Waals surface area contributed by atoms with Gasteiger partial charge in [0.15, 0.2) is 0 Å². The molecule has 3 aliphatic rings. The highest BCUT2D eigenvalue weighted by molar-refractivity contribution is 6.11. The largest absolute Gasteiger partial charge is 0.416 e. The van der Waals surface area contributed by atoms with Gasteiger partial charge in [0.2, 0.25) is 0 Å². The van der Waals surface area contributed by atoms with Gasteiger partial charge in [-0.1, -0.05) is 0 Å². The van der Waals surface area contributed by atoms with Gasteiger partial charge < -0.3 is 4.90 Å². The fourth-order valence-corrected chi connectivity index (χ4v) is 4.91. The number of hydrogen-bond acceptors (Lipinski definition) is 3. The van der Waals surface area contributed by atoms with Crippen LogP contribution in [-0.4, -0.2) is 24.2 Å². The molecule has 4 rings (SSSR count). The van der Waals surface area contributed by atoms with E-state index >= 15 is 0 Å². The number of carbonyl (C=O) groups is 2. The highest BCUT2D eigenvalue weighted by Gasteiger charge is 2.57. The Morgan fingerprint density at radius 1 is 1.04 bits per heavy atom. The number of fused-ring (bicyclic) bond motifs is 4. The lowest BCUT2D eigenvalue weighted by molar-refractivity contribution is -0.146. The third-order valence-electron chi connectivity index (χ3n) is 6.06. The molecule has 1 saturated carbocycles. The van der Waals surface area contributed by atoms with Crippen LogP contribution in [0.3, 0.4) is 0 Å². The van der Waals surface area contributed by atoms with Gasteiger partial charge >= 0.3 is 6.18 Å². The normalized spacial score (nSPS) is 25.7. The molecule has 0 amide bonds. The molecule has 0 radical (unpaired) electrons. The van der Waals surface area contributed by atoms with E-state index in [1.807, 2.05) is 4.90 Å². The number of piperidine rings is 1. The highest BCUT2D eigenvalue weighted by atomic mass is 19.4. The molecule has 6 heteroatoms. The van der Waals surface area contributed by atoms with Gasteiger partial charge in [0.1, 0.15) is 17.0 Å². The van der Waals surface area contributed by atoms with Crippen LogP contribution >= 0.6 is 0 Å². The molecular weight excluding hydrogens is 331 g/mol. The fourth-order valence-electron chi connectivity index (χ4n) is 4.91. The number of carbonyl (C=O) groups excluding carboxylic acids is 2. The van der Waals surface area contributed by atoms with E-state index in [2.05, 4.69) is 0 Å². The third-order valence-corrected chi connectivity index (χ3v) is 6.06. The van der Waals surface area contributed by atoms with Gasteiger partial charge in [0.25, 0.3) is 0 Å². The Hall–Kier alpha value is -1.85. The molecule has 2 heterocycles. The van der Waals surface area contributed by atoms with Crippen molar-refractivity contribution < 1.29 is 22.8 Å². The van der Waals surface area contributed by atoms with Crippen molar-refractivity contribution in [1.29, 1.82) is 0 Å². The molecular formula is C19H20F3NO2. The van der Waals surface area contributed by atoms with Crippen LogP contribution in [0.5, 0.6) is 0 Å². The van der Waals surface area contributed by atoms with Crippen LogP contribution in [0.4, 0.5) is 18.9 Å². The molecule has 2 fully saturated rings. The van der Waals surface area contributed by atoms with Crippen molar-refractivity contribution in [1.82, 2.24) is 0 Å². The molecule has 1 unspecified atom stereocenters. The summed E-state index contributed by atoms with van der Waals surface area (Å²) in [6.45, 7) is 0.686. The Morgan fingerprint density at radius 3 is 2.44 bits per heavy atom. The Balaban J connectivity index is 1.87. The Labute approximate surface area is 144 Å². The molecule has 0 N–H and O–H groups in total. The molecule has 1 saturated heterocycles. The minimum Gasteiger partial charge on any atom is -0.367 e. The summed E-state index contributed by atoms with van der Waals surface area (Å²) in [7, 11) is 0. The number of alkyl halides is 3. The topological polar surface area (TPSA) is 37.4 Å². The van der Waals surface area contributed by atoms with Gasteiger partial charge in [-0.3, -0.25) is 9.59 Å². The van der Waals surface area contributed by atoms with Crippen LogP contribution in [-0.2, 0) is 22.2 Å². The van der Waals surface area contributed by atoms with Crippen molar-refractivity contribution in [3.05, 3.63) is 29.3 Å². The van der Waals surface area contributed by atoms with E-state index in [0.29, 0.717) is 31.4 Å². The molecule has 3 nitrogen and oxygen atoms in total. The summed E-state index contributed by atoms with van der Waals surface area (Å²) in [6.07, 6.45) is -0.435. The van der Waals surface area contributed by atoms with E-state index < -0.39 is 17.2 Å². The number of nitrogens with zero attached hydrogens (tertiary/aromatic N) is 1. The van der Waals surface area contributed by atoms with Crippen LogP contribution in [0.2, 0.25) is 0 Å². The first kappa shape index (κ1) is 16.6. The van der Waals surface area contributed by atoms with Crippen LogP contribution in [0, 0.1) is 5.41 Å².